The van der Waals surface area contributed by atoms with E-state index in [0.29, 0.717) is 33.7 Å². The van der Waals surface area contributed by atoms with Crippen molar-refractivity contribution in [3.05, 3.63) is 92.2 Å². The third-order valence-corrected chi connectivity index (χ3v) is 7.21. The van der Waals surface area contributed by atoms with Crippen LogP contribution in [0, 0.1) is 0 Å². The van der Waals surface area contributed by atoms with Crippen LogP contribution in [0.4, 0.5) is 0 Å². The zero-order valence-electron chi connectivity index (χ0n) is 16.9. The lowest BCUT2D eigenvalue weighted by Crippen LogP contribution is -2.25. The van der Waals surface area contributed by atoms with E-state index in [1.165, 1.54) is 11.3 Å². The van der Waals surface area contributed by atoms with Gasteiger partial charge in [-0.3, -0.25) is 9.36 Å². The monoisotopic (exact) mass is 448 g/mol. The van der Waals surface area contributed by atoms with Gasteiger partial charge in [0.25, 0.3) is 5.56 Å². The molecule has 31 heavy (non-hydrogen) atoms. The van der Waals surface area contributed by atoms with Crippen molar-refractivity contribution in [2.75, 3.05) is 7.11 Å². The summed E-state index contributed by atoms with van der Waals surface area (Å²) in [7, 11) is 1.60. The molecule has 0 fully saturated rings. The third kappa shape index (κ3) is 3.76. The molecule has 0 saturated heterocycles. The lowest BCUT2D eigenvalue weighted by molar-refractivity contribution is 0.173. The van der Waals surface area contributed by atoms with Gasteiger partial charge in [0.15, 0.2) is 0 Å². The number of aromatic hydroxyl groups is 1. The van der Waals surface area contributed by atoms with Crippen LogP contribution in [0.15, 0.2) is 64.8 Å². The second-order valence-electron chi connectivity index (χ2n) is 7.37. The van der Waals surface area contributed by atoms with Gasteiger partial charge in [-0.25, -0.2) is 4.98 Å². The molecule has 5 rings (SSSR count). The molecule has 0 aliphatic rings. The van der Waals surface area contributed by atoms with Gasteiger partial charge in [-0.2, -0.15) is 0 Å². The molecule has 0 aliphatic heterocycles. The summed E-state index contributed by atoms with van der Waals surface area (Å²) in [5.74, 6) is 0.771. The fourth-order valence-corrected chi connectivity index (χ4v) is 5.61. The van der Waals surface area contributed by atoms with Crippen LogP contribution >= 0.6 is 22.7 Å². The van der Waals surface area contributed by atoms with Gasteiger partial charge in [0.1, 0.15) is 23.0 Å². The summed E-state index contributed by atoms with van der Waals surface area (Å²) in [5, 5.41) is 14.0. The summed E-state index contributed by atoms with van der Waals surface area (Å²) in [6, 6.07) is 17.9. The number of ether oxygens (including phenoxy) is 1. The van der Waals surface area contributed by atoms with Crippen molar-refractivity contribution >= 4 is 43.0 Å². The number of methoxy groups -OCH3 is 1. The maximum absolute atomic E-state index is 13.6. The number of rotatable bonds is 6. The highest BCUT2D eigenvalue weighted by Crippen LogP contribution is 2.38. The lowest BCUT2D eigenvalue weighted by atomic mass is 10.0. The summed E-state index contributed by atoms with van der Waals surface area (Å²) in [4.78, 5) is 20.1. The Kier molecular flexibility index (Phi) is 5.31. The van der Waals surface area contributed by atoms with Gasteiger partial charge in [0.2, 0.25) is 0 Å². The molecule has 0 radical (unpaired) electrons. The van der Waals surface area contributed by atoms with E-state index in [9.17, 15) is 9.90 Å². The first-order valence-corrected chi connectivity index (χ1v) is 11.6. The lowest BCUT2D eigenvalue weighted by Gasteiger charge is -2.11. The molecular weight excluding hydrogens is 428 g/mol. The van der Waals surface area contributed by atoms with Gasteiger partial charge in [-0.1, -0.05) is 36.4 Å². The van der Waals surface area contributed by atoms with E-state index in [1.54, 1.807) is 29.1 Å². The highest BCUT2D eigenvalue weighted by atomic mass is 32.1. The summed E-state index contributed by atoms with van der Waals surface area (Å²) in [5.41, 5.74) is 2.01. The first kappa shape index (κ1) is 19.9. The molecule has 2 aromatic carbocycles. The quantitative estimate of drug-likeness (QED) is 0.390. The Hall–Kier alpha value is -3.00. The summed E-state index contributed by atoms with van der Waals surface area (Å²) < 4.78 is 7.69. The molecule has 3 aromatic heterocycles. The number of aromatic nitrogens is 2. The molecule has 0 aliphatic carbocycles. The number of fused-ring (bicyclic) bond motifs is 3. The molecule has 0 saturated carbocycles. The average molecular weight is 449 g/mol. The summed E-state index contributed by atoms with van der Waals surface area (Å²) in [6.45, 7) is 0.696. The van der Waals surface area contributed by atoms with Crippen molar-refractivity contribution in [2.24, 2.45) is 0 Å². The van der Waals surface area contributed by atoms with Crippen LogP contribution < -0.4 is 5.56 Å². The van der Waals surface area contributed by atoms with Crippen LogP contribution in [0.2, 0.25) is 0 Å². The van der Waals surface area contributed by atoms with Crippen LogP contribution in [0.1, 0.15) is 21.8 Å². The Morgan fingerprint density at radius 3 is 2.68 bits per heavy atom. The number of phenols is 1. The van der Waals surface area contributed by atoms with E-state index in [-0.39, 0.29) is 17.9 Å². The zero-order chi connectivity index (χ0) is 21.4. The van der Waals surface area contributed by atoms with E-state index in [0.717, 1.165) is 21.4 Å². The van der Waals surface area contributed by atoms with Gasteiger partial charge in [-0.05, 0) is 41.1 Å². The average Bonchev–Trinajstić information content (AvgIpc) is 3.40. The number of hydrogen-bond donors (Lipinski definition) is 1. The maximum atomic E-state index is 13.6. The van der Waals surface area contributed by atoms with Crippen LogP contribution in [0.5, 0.6) is 5.75 Å². The predicted octanol–water partition coefficient (Wildman–Crippen LogP) is 5.16. The van der Waals surface area contributed by atoms with Crippen molar-refractivity contribution in [1.29, 1.82) is 0 Å². The van der Waals surface area contributed by atoms with E-state index in [1.807, 2.05) is 41.8 Å². The number of phenolic OH excluding ortho intramolecular Hbond substituents is 1. The minimum absolute atomic E-state index is 0.104. The van der Waals surface area contributed by atoms with E-state index < -0.39 is 0 Å². The molecule has 5 nitrogen and oxygen atoms in total. The van der Waals surface area contributed by atoms with Crippen molar-refractivity contribution in [1.82, 2.24) is 9.55 Å². The Balaban J connectivity index is 1.71. The smallest absolute Gasteiger partial charge is 0.263 e. The van der Waals surface area contributed by atoms with Crippen molar-refractivity contribution in [2.45, 2.75) is 19.6 Å². The van der Waals surface area contributed by atoms with Gasteiger partial charge in [0, 0.05) is 17.4 Å². The SMILES string of the molecule is COCc1nc2sc3c(O)cc(Cc4ccccc4)cc3c2c(=O)n1Cc1cccs1. The van der Waals surface area contributed by atoms with Gasteiger partial charge in [0.05, 0.1) is 16.6 Å². The first-order valence-electron chi connectivity index (χ1n) is 9.87. The number of hydrogen-bond acceptors (Lipinski definition) is 6. The Morgan fingerprint density at radius 2 is 1.94 bits per heavy atom. The van der Waals surface area contributed by atoms with Crippen LogP contribution in [0.25, 0.3) is 20.3 Å². The van der Waals surface area contributed by atoms with E-state index in [4.69, 9.17) is 9.72 Å². The van der Waals surface area contributed by atoms with Crippen LogP contribution in [-0.4, -0.2) is 21.8 Å². The second kappa shape index (κ2) is 8.26. The fourth-order valence-electron chi connectivity index (χ4n) is 3.84. The van der Waals surface area contributed by atoms with Crippen LogP contribution in [-0.2, 0) is 24.3 Å². The molecule has 0 atom stereocenters. The normalized spacial score (nSPS) is 11.5. The van der Waals surface area contributed by atoms with Gasteiger partial charge in [-0.15, -0.1) is 22.7 Å². The molecule has 7 heteroatoms. The molecule has 3 heterocycles. The van der Waals surface area contributed by atoms with Crippen molar-refractivity contribution in [3.8, 4) is 5.75 Å². The molecule has 0 amide bonds. The minimum atomic E-state index is -0.104. The molecule has 156 valence electrons. The molecule has 5 aromatic rings. The molecule has 0 bridgehead atoms. The first-order chi connectivity index (χ1) is 15.1. The Morgan fingerprint density at radius 1 is 1.10 bits per heavy atom. The summed E-state index contributed by atoms with van der Waals surface area (Å²) >= 11 is 2.95. The Labute approximate surface area is 186 Å². The predicted molar refractivity (Wildman–Crippen MR) is 126 cm³/mol. The number of nitrogens with zero attached hydrogens (tertiary/aromatic N) is 2. The molecule has 0 spiro atoms. The largest absolute Gasteiger partial charge is 0.506 e. The van der Waals surface area contributed by atoms with Crippen molar-refractivity contribution in [3.63, 3.8) is 0 Å². The topological polar surface area (TPSA) is 64.3 Å². The molecule has 0 unspecified atom stereocenters. The standard InChI is InChI=1S/C24H20N2O3S2/c1-29-14-20-25-23-21(24(28)26(20)13-17-8-5-9-30-17)18-11-16(12-19(27)22(18)31-23)10-15-6-3-2-4-7-15/h2-9,11-12,27H,10,13-14H2,1H3. The van der Waals surface area contributed by atoms with Crippen molar-refractivity contribution < 1.29 is 9.84 Å². The highest BCUT2D eigenvalue weighted by molar-refractivity contribution is 7.25. The summed E-state index contributed by atoms with van der Waals surface area (Å²) in [6.07, 6.45) is 0.681. The number of thiophene rings is 2. The third-order valence-electron chi connectivity index (χ3n) is 5.23. The van der Waals surface area contributed by atoms with E-state index >= 15 is 0 Å². The second-order valence-corrected chi connectivity index (χ2v) is 9.40. The number of benzene rings is 2. The minimum Gasteiger partial charge on any atom is -0.506 e. The fraction of sp³-hybridized carbons (Fsp3) is 0.167. The highest BCUT2D eigenvalue weighted by Gasteiger charge is 2.19. The molecular formula is C24H20N2O3S2. The maximum Gasteiger partial charge on any atom is 0.263 e. The van der Waals surface area contributed by atoms with Gasteiger partial charge < -0.3 is 9.84 Å². The molecule has 1 N–H and O–H groups in total. The van der Waals surface area contributed by atoms with Crippen LogP contribution in [0.3, 0.4) is 0 Å². The van der Waals surface area contributed by atoms with E-state index in [2.05, 4.69) is 12.1 Å². The van der Waals surface area contributed by atoms with Gasteiger partial charge >= 0.3 is 0 Å². The zero-order valence-corrected chi connectivity index (χ0v) is 18.5. The Bertz CT molecular complexity index is 1420.